The lowest BCUT2D eigenvalue weighted by atomic mass is 9.65. The lowest BCUT2D eigenvalue weighted by Gasteiger charge is -2.59. The molecule has 5 aliphatic heterocycles. The molecule has 7 rings (SSSR count). The van der Waals surface area contributed by atoms with Crippen molar-refractivity contribution in [3.63, 3.8) is 0 Å². The Bertz CT molecular complexity index is 851. The molecule has 5 heteroatoms. The molecule has 5 bridgehead atoms. The van der Waals surface area contributed by atoms with E-state index >= 15 is 0 Å². The van der Waals surface area contributed by atoms with Crippen molar-refractivity contribution in [2.24, 2.45) is 11.8 Å². The van der Waals surface area contributed by atoms with Gasteiger partial charge < -0.3 is 15.2 Å². The van der Waals surface area contributed by atoms with Gasteiger partial charge in [0.1, 0.15) is 12.3 Å². The van der Waals surface area contributed by atoms with Crippen LogP contribution in [0.15, 0.2) is 35.9 Å². The van der Waals surface area contributed by atoms with E-state index in [1.807, 2.05) is 6.92 Å². The minimum atomic E-state index is -0.496. The highest BCUT2D eigenvalue weighted by Crippen LogP contribution is 2.68. The fourth-order valence-corrected chi connectivity index (χ4v) is 7.32. The minimum absolute atomic E-state index is 0.131. The smallest absolute Gasteiger partial charge is 0.302 e. The van der Waals surface area contributed by atoms with E-state index in [1.54, 1.807) is 0 Å². The molecule has 1 spiro atoms. The van der Waals surface area contributed by atoms with Gasteiger partial charge in [-0.05, 0) is 42.9 Å². The number of fused-ring (bicyclic) bond motifs is 2. The van der Waals surface area contributed by atoms with Crippen LogP contribution in [0.2, 0.25) is 0 Å². The molecule has 5 nitrogen and oxygen atoms in total. The number of aliphatic hydroxyl groups excluding tert-OH is 1. The molecule has 2 N–H and O–H groups in total. The van der Waals surface area contributed by atoms with Gasteiger partial charge in [0.05, 0.1) is 11.5 Å². The highest BCUT2D eigenvalue weighted by Gasteiger charge is 2.76. The number of ether oxygens (including phenoxy) is 1. The van der Waals surface area contributed by atoms with Crippen molar-refractivity contribution < 1.29 is 14.6 Å². The van der Waals surface area contributed by atoms with Crippen LogP contribution in [0.1, 0.15) is 32.3 Å². The first-order valence-corrected chi connectivity index (χ1v) is 9.73. The minimum Gasteiger partial charge on any atom is -0.461 e. The summed E-state index contributed by atoms with van der Waals surface area (Å²) in [4.78, 5) is 14.4. The number of piperidine rings is 4. The van der Waals surface area contributed by atoms with Crippen LogP contribution < -0.4 is 5.32 Å². The molecule has 4 saturated heterocycles. The average Bonchev–Trinajstić information content (AvgIpc) is 3.08. The maximum atomic E-state index is 12.1. The van der Waals surface area contributed by atoms with Gasteiger partial charge in [0.2, 0.25) is 0 Å². The normalized spacial score (nSPS) is 50.5. The van der Waals surface area contributed by atoms with E-state index in [9.17, 15) is 9.90 Å². The van der Waals surface area contributed by atoms with Crippen molar-refractivity contribution in [2.45, 2.75) is 62.6 Å². The molecular formula is C21H24N2O3. The maximum Gasteiger partial charge on any atom is 0.302 e. The van der Waals surface area contributed by atoms with E-state index in [2.05, 4.69) is 40.6 Å². The van der Waals surface area contributed by atoms with Crippen LogP contribution in [0.3, 0.4) is 0 Å². The number of nitrogens with one attached hydrogen (secondary N) is 1. The molecule has 3 unspecified atom stereocenters. The predicted octanol–water partition coefficient (Wildman–Crippen LogP) is 2.02. The summed E-state index contributed by atoms with van der Waals surface area (Å²) in [7, 11) is 0. The highest BCUT2D eigenvalue weighted by atomic mass is 16.5. The quantitative estimate of drug-likeness (QED) is 0.598. The van der Waals surface area contributed by atoms with E-state index in [1.165, 1.54) is 18.2 Å². The van der Waals surface area contributed by atoms with Crippen LogP contribution in [0.4, 0.5) is 5.69 Å². The standard InChI is InChI=1S/C21H24N2O3/c1-3-11-12-8-15-18-21(13-6-4-5-7-14(13)22-18)9-16(23(15)20(11)25)17(12)19(21)26-10(2)24/h3-7,12,15-20,22,25H,8-9H2,1-2H3/b11-3+/t12-,15+,16+,17?,18+,19-,20-,21?/m1/s1. The van der Waals surface area contributed by atoms with Gasteiger partial charge in [-0.1, -0.05) is 24.3 Å². The molecule has 5 fully saturated rings. The van der Waals surface area contributed by atoms with E-state index < -0.39 is 6.23 Å². The van der Waals surface area contributed by atoms with Gasteiger partial charge in [-0.3, -0.25) is 9.69 Å². The number of nitrogens with zero attached hydrogens (tertiary/aromatic N) is 1. The number of benzene rings is 1. The summed E-state index contributed by atoms with van der Waals surface area (Å²) in [5, 5.41) is 14.8. The van der Waals surface area contributed by atoms with Gasteiger partial charge in [0.15, 0.2) is 0 Å². The van der Waals surface area contributed by atoms with Gasteiger partial charge in [0, 0.05) is 30.6 Å². The van der Waals surface area contributed by atoms with Crippen molar-refractivity contribution in [1.82, 2.24) is 4.90 Å². The number of esters is 1. The van der Waals surface area contributed by atoms with E-state index in [0.29, 0.717) is 5.92 Å². The molecule has 6 aliphatic rings. The maximum absolute atomic E-state index is 12.1. The fraction of sp³-hybridized carbons (Fsp3) is 0.571. The number of para-hydroxylation sites is 1. The SMILES string of the molecule is C/C=C1\[C@H]2C[C@H]3[C@@H]4Nc5ccccc5C45C[C@@H](C2[C@H]5OC(C)=O)N3[C@@H]1O. The van der Waals surface area contributed by atoms with Gasteiger partial charge >= 0.3 is 5.97 Å². The molecule has 26 heavy (non-hydrogen) atoms. The van der Waals surface area contributed by atoms with Crippen molar-refractivity contribution in [3.8, 4) is 0 Å². The van der Waals surface area contributed by atoms with E-state index in [0.717, 1.165) is 18.4 Å². The fourth-order valence-electron chi connectivity index (χ4n) is 7.32. The summed E-state index contributed by atoms with van der Waals surface area (Å²) in [6, 6.07) is 9.24. The zero-order chi connectivity index (χ0) is 17.8. The number of hydrogen-bond donors (Lipinski definition) is 2. The van der Waals surface area contributed by atoms with Crippen molar-refractivity contribution >= 4 is 11.7 Å². The monoisotopic (exact) mass is 352 g/mol. The largest absolute Gasteiger partial charge is 0.461 e. The van der Waals surface area contributed by atoms with E-state index in [-0.39, 0.29) is 41.5 Å². The summed E-state index contributed by atoms with van der Waals surface area (Å²) in [6.07, 6.45) is 3.43. The molecular weight excluding hydrogens is 328 g/mol. The number of aliphatic hydroxyl groups is 1. The molecule has 136 valence electrons. The Morgan fingerprint density at radius 3 is 2.96 bits per heavy atom. The Kier molecular flexibility index (Phi) is 2.75. The summed E-state index contributed by atoms with van der Waals surface area (Å²) >= 11 is 0. The number of carbonyl (C=O) groups is 1. The second kappa shape index (κ2) is 4.70. The van der Waals surface area contributed by atoms with Crippen LogP contribution >= 0.6 is 0 Å². The third-order valence-electron chi connectivity index (χ3n) is 7.89. The summed E-state index contributed by atoms with van der Waals surface area (Å²) in [5.74, 6) is 0.373. The van der Waals surface area contributed by atoms with Crippen LogP contribution in [0.25, 0.3) is 0 Å². The average molecular weight is 352 g/mol. The molecule has 1 aromatic rings. The third kappa shape index (κ3) is 1.47. The second-order valence-corrected chi connectivity index (χ2v) is 8.61. The number of hydrogen-bond acceptors (Lipinski definition) is 5. The molecule has 1 aromatic carbocycles. The Morgan fingerprint density at radius 2 is 2.19 bits per heavy atom. The van der Waals surface area contributed by atoms with Crippen LogP contribution in [-0.2, 0) is 14.9 Å². The van der Waals surface area contributed by atoms with Gasteiger partial charge in [-0.25, -0.2) is 0 Å². The first-order valence-electron chi connectivity index (χ1n) is 9.73. The summed E-state index contributed by atoms with van der Waals surface area (Å²) < 4.78 is 6.08. The van der Waals surface area contributed by atoms with Crippen LogP contribution in [0.5, 0.6) is 0 Å². The lowest BCUT2D eigenvalue weighted by Crippen LogP contribution is -2.70. The topological polar surface area (TPSA) is 61.8 Å². The highest BCUT2D eigenvalue weighted by molar-refractivity contribution is 5.69. The van der Waals surface area contributed by atoms with Gasteiger partial charge in [-0.15, -0.1) is 0 Å². The van der Waals surface area contributed by atoms with Crippen LogP contribution in [-0.4, -0.2) is 46.4 Å². The molecule has 1 saturated carbocycles. The molecule has 0 aromatic heterocycles. The number of carbonyl (C=O) groups excluding carboxylic acids is 1. The number of allylic oxidation sites excluding steroid dienone is 1. The molecule has 5 heterocycles. The second-order valence-electron chi connectivity index (χ2n) is 8.61. The van der Waals surface area contributed by atoms with Crippen molar-refractivity contribution in [3.05, 3.63) is 41.5 Å². The predicted molar refractivity (Wildman–Crippen MR) is 96.5 cm³/mol. The van der Waals surface area contributed by atoms with Gasteiger partial charge in [0.25, 0.3) is 0 Å². The molecule has 1 aliphatic carbocycles. The Balaban J connectivity index is 1.59. The van der Waals surface area contributed by atoms with Crippen LogP contribution in [0, 0.1) is 11.8 Å². The zero-order valence-corrected chi connectivity index (χ0v) is 15.1. The number of anilines is 1. The summed E-state index contributed by atoms with van der Waals surface area (Å²) in [5.41, 5.74) is 3.41. The van der Waals surface area contributed by atoms with Crippen molar-refractivity contribution in [1.29, 1.82) is 0 Å². The Hall–Kier alpha value is -1.85. The molecule has 0 amide bonds. The van der Waals surface area contributed by atoms with E-state index in [4.69, 9.17) is 4.74 Å². The molecule has 9 atom stereocenters. The van der Waals surface area contributed by atoms with Crippen molar-refractivity contribution in [2.75, 3.05) is 5.32 Å². The first kappa shape index (κ1) is 15.2. The number of rotatable bonds is 1. The van der Waals surface area contributed by atoms with Gasteiger partial charge in [-0.2, -0.15) is 0 Å². The zero-order valence-electron chi connectivity index (χ0n) is 15.1. The lowest BCUT2D eigenvalue weighted by molar-refractivity contribution is -0.156. The Labute approximate surface area is 153 Å². The first-order chi connectivity index (χ1) is 12.6. The Morgan fingerprint density at radius 1 is 1.38 bits per heavy atom. The third-order valence-corrected chi connectivity index (χ3v) is 7.89. The summed E-state index contributed by atoms with van der Waals surface area (Å²) in [6.45, 7) is 3.54. The molecule has 0 radical (unpaired) electrons.